The minimum absolute atomic E-state index is 0. The zero-order valence-electron chi connectivity index (χ0n) is 24.1. The molecule has 0 N–H and O–H groups in total. The van der Waals surface area contributed by atoms with Crippen LogP contribution in [0.15, 0.2) is 0 Å². The first-order valence-electron chi connectivity index (χ1n) is 14.4. The highest BCUT2D eigenvalue weighted by Crippen LogP contribution is 2.18. The maximum absolute atomic E-state index is 5.51. The summed E-state index contributed by atoms with van der Waals surface area (Å²) in [6.07, 6.45) is 26.7. The fraction of sp³-hybridized carbons (Fsp3) is 1.00. The summed E-state index contributed by atoms with van der Waals surface area (Å²) in [5, 5.41) is 0. The summed E-state index contributed by atoms with van der Waals surface area (Å²) in [6, 6.07) is 0.920. The Hall–Kier alpha value is 0.347. The van der Waals surface area contributed by atoms with Crippen LogP contribution >= 0.6 is 0 Å². The second-order valence-corrected chi connectivity index (χ2v) is 13.9. The molecule has 0 atom stereocenters. The molecule has 0 aromatic rings. The molecule has 0 spiro atoms. The Labute approximate surface area is 222 Å². The van der Waals surface area contributed by atoms with Gasteiger partial charge < -0.3 is 30.2 Å². The average molecular weight is 524 g/mol. The van der Waals surface area contributed by atoms with Crippen LogP contribution in [-0.4, -0.2) is 61.8 Å². The van der Waals surface area contributed by atoms with Gasteiger partial charge >= 0.3 is 8.80 Å². The number of unbranched alkanes of at least 4 members (excludes halogenated alkanes) is 17. The molecular weight excluding hydrogens is 462 g/mol. The minimum atomic E-state index is -2.37. The molecule has 0 saturated heterocycles. The molecule has 34 heavy (non-hydrogen) atoms. The summed E-state index contributed by atoms with van der Waals surface area (Å²) in [5.41, 5.74) is 0. The summed E-state index contributed by atoms with van der Waals surface area (Å²) in [6.45, 7) is 4.87. The predicted molar refractivity (Wildman–Crippen MR) is 147 cm³/mol. The molecule has 0 unspecified atom stereocenters. The summed E-state index contributed by atoms with van der Waals surface area (Å²) in [5.74, 6) is 0. The van der Waals surface area contributed by atoms with E-state index in [2.05, 4.69) is 21.0 Å². The van der Waals surface area contributed by atoms with E-state index in [4.69, 9.17) is 13.3 Å². The highest BCUT2D eigenvalue weighted by molar-refractivity contribution is 6.60. The molecule has 0 rings (SSSR count). The van der Waals surface area contributed by atoms with Crippen molar-refractivity contribution in [1.82, 2.24) is 0 Å². The van der Waals surface area contributed by atoms with Gasteiger partial charge in [0, 0.05) is 27.4 Å². The van der Waals surface area contributed by atoms with Gasteiger partial charge in [0.15, 0.2) is 0 Å². The van der Waals surface area contributed by atoms with Crippen LogP contribution in [0.2, 0.25) is 6.04 Å². The molecule has 4 nitrogen and oxygen atoms in total. The zero-order valence-corrected chi connectivity index (χ0v) is 25.9. The average Bonchev–Trinajstić information content (AvgIpc) is 2.81. The third-order valence-corrected chi connectivity index (χ3v) is 10.1. The van der Waals surface area contributed by atoms with E-state index in [1.54, 1.807) is 21.3 Å². The molecule has 0 amide bonds. The van der Waals surface area contributed by atoms with Gasteiger partial charge in [-0.15, -0.1) is 0 Å². The maximum atomic E-state index is 5.51. The second-order valence-electron chi connectivity index (χ2n) is 10.8. The summed E-state index contributed by atoms with van der Waals surface area (Å²) in [4.78, 5) is 0. The van der Waals surface area contributed by atoms with E-state index < -0.39 is 8.80 Å². The highest BCUT2D eigenvalue weighted by Gasteiger charge is 2.36. The molecule has 0 bridgehead atoms. The molecule has 208 valence electrons. The van der Waals surface area contributed by atoms with Crippen LogP contribution in [0, 0.1) is 0 Å². The molecule has 0 aliphatic carbocycles. The summed E-state index contributed by atoms with van der Waals surface area (Å²) in [7, 11) is 7.53. The van der Waals surface area contributed by atoms with Crippen molar-refractivity contribution >= 4 is 8.80 Å². The van der Waals surface area contributed by atoms with Gasteiger partial charge in [-0.05, 0) is 32.1 Å². The van der Waals surface area contributed by atoms with Crippen molar-refractivity contribution in [2.24, 2.45) is 0 Å². The SMILES string of the molecule is CCCCCCCCCCCCCCCCCC[N+](C)(C)CCCCC[Si](OC)(OC)OC.[Cl-]. The van der Waals surface area contributed by atoms with E-state index in [0.29, 0.717) is 0 Å². The quantitative estimate of drug-likeness (QED) is 0.0865. The number of hydrogen-bond acceptors (Lipinski definition) is 3. The van der Waals surface area contributed by atoms with E-state index in [1.807, 2.05) is 0 Å². The van der Waals surface area contributed by atoms with Gasteiger partial charge in [0.25, 0.3) is 0 Å². The second kappa shape index (κ2) is 25.0. The van der Waals surface area contributed by atoms with Crippen LogP contribution in [0.4, 0.5) is 0 Å². The molecule has 6 heteroatoms. The number of hydrogen-bond donors (Lipinski definition) is 0. The summed E-state index contributed by atoms with van der Waals surface area (Å²) < 4.78 is 17.7. The molecule has 0 aromatic heterocycles. The molecule has 0 heterocycles. The fourth-order valence-electron chi connectivity index (χ4n) is 4.81. The Morgan fingerprint density at radius 3 is 1.09 bits per heavy atom. The zero-order chi connectivity index (χ0) is 24.7. The Morgan fingerprint density at radius 2 is 0.765 bits per heavy atom. The van der Waals surface area contributed by atoms with Gasteiger partial charge in [0.1, 0.15) is 0 Å². The lowest BCUT2D eigenvalue weighted by Gasteiger charge is -2.30. The first-order chi connectivity index (χ1) is 15.9. The van der Waals surface area contributed by atoms with Crippen LogP contribution < -0.4 is 12.4 Å². The lowest BCUT2D eigenvalue weighted by molar-refractivity contribution is -0.890. The standard InChI is InChI=1S/C28H62NO3Si.ClH/c1-7-8-9-10-11-12-13-14-15-16-17-18-19-20-21-23-26-29(2,3)27-24-22-25-28-33(30-4,31-5)32-6;/h7-28H2,1-6H3;1H/q+1;/p-1. The van der Waals surface area contributed by atoms with Crippen LogP contribution in [-0.2, 0) is 13.3 Å². The van der Waals surface area contributed by atoms with E-state index in [0.717, 1.165) is 16.9 Å². The van der Waals surface area contributed by atoms with Crippen molar-refractivity contribution in [3.05, 3.63) is 0 Å². The van der Waals surface area contributed by atoms with Crippen LogP contribution in [0.1, 0.15) is 129 Å². The lowest BCUT2D eigenvalue weighted by atomic mass is 10.0. The number of rotatable bonds is 26. The molecule has 0 aliphatic rings. The molecule has 0 aromatic carbocycles. The van der Waals surface area contributed by atoms with Crippen molar-refractivity contribution in [1.29, 1.82) is 0 Å². The first-order valence-corrected chi connectivity index (χ1v) is 16.4. The van der Waals surface area contributed by atoms with E-state index in [1.165, 1.54) is 129 Å². The van der Waals surface area contributed by atoms with Gasteiger partial charge in [0.05, 0.1) is 27.2 Å². The van der Waals surface area contributed by atoms with Gasteiger partial charge in [0.2, 0.25) is 0 Å². The van der Waals surface area contributed by atoms with Crippen molar-refractivity contribution in [3.8, 4) is 0 Å². The van der Waals surface area contributed by atoms with E-state index in [-0.39, 0.29) is 12.4 Å². The Kier molecular flexibility index (Phi) is 26.9. The highest BCUT2D eigenvalue weighted by atomic mass is 35.5. The number of quaternary nitrogens is 1. The van der Waals surface area contributed by atoms with Crippen molar-refractivity contribution < 1.29 is 30.2 Å². The third kappa shape index (κ3) is 21.6. The normalized spacial score (nSPS) is 12.2. The molecule has 0 saturated carbocycles. The van der Waals surface area contributed by atoms with Crippen molar-refractivity contribution in [3.63, 3.8) is 0 Å². The van der Waals surface area contributed by atoms with Gasteiger partial charge in [-0.1, -0.05) is 96.8 Å². The van der Waals surface area contributed by atoms with Gasteiger partial charge in [-0.2, -0.15) is 0 Å². The van der Waals surface area contributed by atoms with Crippen molar-refractivity contribution in [2.75, 3.05) is 48.5 Å². The van der Waals surface area contributed by atoms with E-state index in [9.17, 15) is 0 Å². The lowest BCUT2D eigenvalue weighted by Crippen LogP contribution is -3.00. The Morgan fingerprint density at radius 1 is 0.471 bits per heavy atom. The molecular formula is C28H62ClNO3Si. The first kappa shape index (κ1) is 36.5. The van der Waals surface area contributed by atoms with Crippen LogP contribution in [0.5, 0.6) is 0 Å². The maximum Gasteiger partial charge on any atom is 0.500 e. The number of nitrogens with zero attached hydrogens (tertiary/aromatic N) is 1. The molecule has 0 radical (unpaired) electrons. The Balaban J connectivity index is 0. The Bertz CT molecular complexity index is 401. The molecule has 0 fully saturated rings. The van der Waals surface area contributed by atoms with E-state index >= 15 is 0 Å². The van der Waals surface area contributed by atoms with Crippen molar-refractivity contribution in [2.45, 2.75) is 135 Å². The number of halogens is 1. The third-order valence-electron chi connectivity index (χ3n) is 7.30. The van der Waals surface area contributed by atoms with Crippen LogP contribution in [0.25, 0.3) is 0 Å². The monoisotopic (exact) mass is 523 g/mol. The van der Waals surface area contributed by atoms with Crippen LogP contribution in [0.3, 0.4) is 0 Å². The van der Waals surface area contributed by atoms with Gasteiger partial charge in [-0.3, -0.25) is 0 Å². The minimum Gasteiger partial charge on any atom is -1.00 e. The fourth-order valence-corrected chi connectivity index (χ4v) is 6.61. The predicted octanol–water partition coefficient (Wildman–Crippen LogP) is 5.38. The smallest absolute Gasteiger partial charge is 0.500 e. The summed E-state index contributed by atoms with van der Waals surface area (Å²) >= 11 is 0. The van der Waals surface area contributed by atoms with Gasteiger partial charge in [-0.25, -0.2) is 0 Å². The topological polar surface area (TPSA) is 27.7 Å². The largest absolute Gasteiger partial charge is 1.00 e. The molecule has 0 aliphatic heterocycles.